The second-order valence-electron chi connectivity index (χ2n) is 2.20. The van der Waals surface area contributed by atoms with Gasteiger partial charge in [0, 0.05) is 5.56 Å². The van der Waals surface area contributed by atoms with Crippen LogP contribution in [0.4, 0.5) is 8.78 Å². The Morgan fingerprint density at radius 1 is 1.54 bits per heavy atom. The number of carbonyl (C=O) groups excluding carboxylic acids is 1. The van der Waals surface area contributed by atoms with Crippen molar-refractivity contribution in [1.29, 1.82) is 5.26 Å². The van der Waals surface area contributed by atoms with Gasteiger partial charge in [0.15, 0.2) is 6.29 Å². The van der Waals surface area contributed by atoms with E-state index in [1.807, 2.05) is 0 Å². The zero-order valence-corrected chi connectivity index (χ0v) is 6.37. The zero-order valence-electron chi connectivity index (χ0n) is 6.37. The number of alkyl halides is 2. The molecule has 1 heterocycles. The molecule has 5 heteroatoms. The molecule has 0 bridgehead atoms. The molecule has 13 heavy (non-hydrogen) atoms. The van der Waals surface area contributed by atoms with E-state index in [2.05, 4.69) is 4.98 Å². The first-order chi connectivity index (χ1) is 6.19. The van der Waals surface area contributed by atoms with Crippen molar-refractivity contribution in [3.8, 4) is 6.07 Å². The van der Waals surface area contributed by atoms with Crippen molar-refractivity contribution in [2.45, 2.75) is 6.43 Å². The fraction of sp³-hybridized carbons (Fsp3) is 0.125. The lowest BCUT2D eigenvalue weighted by molar-refractivity contribution is 0.110. The first kappa shape index (κ1) is 9.26. The first-order valence-electron chi connectivity index (χ1n) is 3.33. The lowest BCUT2D eigenvalue weighted by Crippen LogP contribution is -1.99. The maximum absolute atomic E-state index is 12.2. The van der Waals surface area contributed by atoms with Crippen molar-refractivity contribution >= 4 is 6.29 Å². The molecule has 1 aromatic heterocycles. The van der Waals surface area contributed by atoms with Gasteiger partial charge in [0.25, 0.3) is 6.43 Å². The summed E-state index contributed by atoms with van der Waals surface area (Å²) in [5.41, 5.74) is -0.955. The summed E-state index contributed by atoms with van der Waals surface area (Å²) in [6, 6.07) is 3.98. The van der Waals surface area contributed by atoms with E-state index in [0.29, 0.717) is 0 Å². The molecule has 0 aliphatic heterocycles. The van der Waals surface area contributed by atoms with Gasteiger partial charge in [-0.1, -0.05) is 0 Å². The second-order valence-corrected chi connectivity index (χ2v) is 2.20. The van der Waals surface area contributed by atoms with E-state index in [9.17, 15) is 13.6 Å². The highest BCUT2D eigenvalue weighted by Crippen LogP contribution is 2.19. The maximum Gasteiger partial charge on any atom is 0.281 e. The molecule has 0 saturated carbocycles. The Balaban J connectivity index is 3.27. The predicted molar refractivity (Wildman–Crippen MR) is 39.3 cm³/mol. The van der Waals surface area contributed by atoms with E-state index in [4.69, 9.17) is 5.26 Å². The number of aldehydes is 1. The number of hydrogen-bond donors (Lipinski definition) is 0. The number of nitriles is 1. The number of halogens is 2. The number of aromatic nitrogens is 1. The van der Waals surface area contributed by atoms with Crippen LogP contribution in [0.2, 0.25) is 0 Å². The Morgan fingerprint density at radius 3 is 2.69 bits per heavy atom. The van der Waals surface area contributed by atoms with Gasteiger partial charge in [0.2, 0.25) is 0 Å². The standard InChI is InChI=1S/C8H4F2N2O/c9-8(10)7-5(4-13)1-2-6(3-11)12-7/h1-2,4,8H. The Bertz CT molecular complexity index is 371. The fourth-order valence-electron chi connectivity index (χ4n) is 0.822. The average molecular weight is 182 g/mol. The molecule has 1 rings (SSSR count). The highest BCUT2D eigenvalue weighted by atomic mass is 19.3. The molecule has 0 fully saturated rings. The van der Waals surface area contributed by atoms with Gasteiger partial charge in [-0.15, -0.1) is 0 Å². The predicted octanol–water partition coefficient (Wildman–Crippen LogP) is 1.70. The van der Waals surface area contributed by atoms with Crippen LogP contribution in [0.25, 0.3) is 0 Å². The van der Waals surface area contributed by atoms with Crippen LogP contribution in [0.5, 0.6) is 0 Å². The summed E-state index contributed by atoms with van der Waals surface area (Å²) in [5.74, 6) is 0. The monoisotopic (exact) mass is 182 g/mol. The normalized spacial score (nSPS) is 9.69. The number of nitrogens with zero attached hydrogens (tertiary/aromatic N) is 2. The molecule has 0 spiro atoms. The highest BCUT2D eigenvalue weighted by Gasteiger charge is 2.14. The average Bonchev–Trinajstić information content (AvgIpc) is 2.16. The Kier molecular flexibility index (Phi) is 2.65. The lowest BCUT2D eigenvalue weighted by atomic mass is 10.2. The molecule has 0 aromatic carbocycles. The zero-order chi connectivity index (χ0) is 9.84. The number of rotatable bonds is 2. The van der Waals surface area contributed by atoms with Gasteiger partial charge in [-0.05, 0) is 12.1 Å². The summed E-state index contributed by atoms with van der Waals surface area (Å²) >= 11 is 0. The van der Waals surface area contributed by atoms with Crippen LogP contribution in [0, 0.1) is 11.3 Å². The molecule has 0 atom stereocenters. The molecular weight excluding hydrogens is 178 g/mol. The van der Waals surface area contributed by atoms with E-state index in [1.165, 1.54) is 6.07 Å². The molecule has 0 aliphatic carbocycles. The van der Waals surface area contributed by atoms with Gasteiger partial charge in [-0.25, -0.2) is 13.8 Å². The van der Waals surface area contributed by atoms with Crippen LogP contribution in [0.1, 0.15) is 28.2 Å². The van der Waals surface area contributed by atoms with Crippen LogP contribution < -0.4 is 0 Å². The summed E-state index contributed by atoms with van der Waals surface area (Å²) in [5, 5.41) is 8.36. The molecule has 66 valence electrons. The fourth-order valence-corrected chi connectivity index (χ4v) is 0.822. The van der Waals surface area contributed by atoms with E-state index >= 15 is 0 Å². The summed E-state index contributed by atoms with van der Waals surface area (Å²) in [6.07, 6.45) is -2.55. The van der Waals surface area contributed by atoms with Crippen LogP contribution in [0.3, 0.4) is 0 Å². The van der Waals surface area contributed by atoms with Gasteiger partial charge in [-0.3, -0.25) is 4.79 Å². The summed E-state index contributed by atoms with van der Waals surface area (Å²) in [6.45, 7) is 0. The first-order valence-corrected chi connectivity index (χ1v) is 3.33. The molecule has 3 nitrogen and oxygen atoms in total. The van der Waals surface area contributed by atoms with E-state index < -0.39 is 12.1 Å². The Hall–Kier alpha value is -1.83. The van der Waals surface area contributed by atoms with Crippen molar-refractivity contribution < 1.29 is 13.6 Å². The van der Waals surface area contributed by atoms with Crippen molar-refractivity contribution in [2.24, 2.45) is 0 Å². The molecule has 0 unspecified atom stereocenters. The quantitative estimate of drug-likeness (QED) is 0.654. The minimum absolute atomic E-state index is 0.124. The van der Waals surface area contributed by atoms with E-state index in [1.54, 1.807) is 6.07 Å². The molecule has 1 aromatic rings. The molecular formula is C8H4F2N2O. The molecule has 0 N–H and O–H groups in total. The summed E-state index contributed by atoms with van der Waals surface area (Å²) < 4.78 is 24.4. The smallest absolute Gasteiger partial charge is 0.281 e. The highest BCUT2D eigenvalue weighted by molar-refractivity contribution is 5.76. The van der Waals surface area contributed by atoms with E-state index in [0.717, 1.165) is 6.07 Å². The maximum atomic E-state index is 12.2. The minimum Gasteiger partial charge on any atom is -0.298 e. The van der Waals surface area contributed by atoms with Gasteiger partial charge >= 0.3 is 0 Å². The van der Waals surface area contributed by atoms with Crippen molar-refractivity contribution in [3.63, 3.8) is 0 Å². The van der Waals surface area contributed by atoms with Crippen LogP contribution >= 0.6 is 0 Å². The lowest BCUT2D eigenvalue weighted by Gasteiger charge is -2.01. The largest absolute Gasteiger partial charge is 0.298 e. The summed E-state index contributed by atoms with van der Waals surface area (Å²) in [7, 11) is 0. The third-order valence-electron chi connectivity index (χ3n) is 1.41. The molecule has 0 saturated heterocycles. The van der Waals surface area contributed by atoms with Gasteiger partial charge in [-0.2, -0.15) is 5.26 Å². The number of hydrogen-bond acceptors (Lipinski definition) is 3. The third-order valence-corrected chi connectivity index (χ3v) is 1.41. The van der Waals surface area contributed by atoms with Crippen molar-refractivity contribution in [1.82, 2.24) is 4.98 Å². The Morgan fingerprint density at radius 2 is 2.23 bits per heavy atom. The van der Waals surface area contributed by atoms with Crippen LogP contribution in [-0.4, -0.2) is 11.3 Å². The van der Waals surface area contributed by atoms with Crippen LogP contribution in [0.15, 0.2) is 12.1 Å². The summed E-state index contributed by atoms with van der Waals surface area (Å²) in [4.78, 5) is 13.6. The van der Waals surface area contributed by atoms with Crippen molar-refractivity contribution in [3.05, 3.63) is 29.1 Å². The number of carbonyl (C=O) groups is 1. The topological polar surface area (TPSA) is 53.8 Å². The van der Waals surface area contributed by atoms with Gasteiger partial charge in [0.05, 0.1) is 0 Å². The Labute approximate surface area is 72.6 Å². The second kappa shape index (κ2) is 3.72. The van der Waals surface area contributed by atoms with Gasteiger partial charge < -0.3 is 0 Å². The molecule has 0 amide bonds. The van der Waals surface area contributed by atoms with Crippen LogP contribution in [-0.2, 0) is 0 Å². The number of pyridine rings is 1. The molecule has 0 aliphatic rings. The van der Waals surface area contributed by atoms with E-state index in [-0.39, 0.29) is 17.5 Å². The SMILES string of the molecule is N#Cc1ccc(C=O)c(C(F)F)n1. The molecule has 0 radical (unpaired) electrons. The van der Waals surface area contributed by atoms with Crippen molar-refractivity contribution in [2.75, 3.05) is 0 Å². The third kappa shape index (κ3) is 1.85. The minimum atomic E-state index is -2.84. The van der Waals surface area contributed by atoms with Gasteiger partial charge in [0.1, 0.15) is 17.5 Å².